The molecule has 4 rings (SSSR count). The lowest BCUT2D eigenvalue weighted by Crippen LogP contribution is -2.34. The Labute approximate surface area is 174 Å². The van der Waals surface area contributed by atoms with E-state index in [2.05, 4.69) is 6.92 Å². The van der Waals surface area contributed by atoms with Gasteiger partial charge in [-0.05, 0) is 61.4 Å². The predicted octanol–water partition coefficient (Wildman–Crippen LogP) is 3.81. The minimum Gasteiger partial charge on any atom is -0.454 e. The molecule has 1 aliphatic carbocycles. The molecule has 6 nitrogen and oxygen atoms in total. The van der Waals surface area contributed by atoms with Crippen LogP contribution >= 0.6 is 11.3 Å². The topological polar surface area (TPSA) is 65.1 Å². The number of carbonyl (C=O) groups excluding carboxylic acids is 2. The molecule has 0 bridgehead atoms. The number of likely N-dealkylation sites (N-methyl/N-ethyl adjacent to an activating group) is 1. The van der Waals surface area contributed by atoms with Crippen molar-refractivity contribution in [2.75, 3.05) is 19.9 Å². The van der Waals surface area contributed by atoms with Crippen LogP contribution in [-0.2, 0) is 28.9 Å². The van der Waals surface area contributed by atoms with Crippen molar-refractivity contribution in [2.24, 2.45) is 5.92 Å². The van der Waals surface area contributed by atoms with Gasteiger partial charge in [-0.25, -0.2) is 4.79 Å². The van der Waals surface area contributed by atoms with Crippen LogP contribution in [0.1, 0.15) is 45.9 Å². The molecule has 2 heterocycles. The Morgan fingerprint density at radius 2 is 2.07 bits per heavy atom. The summed E-state index contributed by atoms with van der Waals surface area (Å²) in [6.07, 6.45) is 3.19. The molecular formula is C22H25NO5S. The second-order valence-electron chi connectivity index (χ2n) is 7.58. The highest BCUT2D eigenvalue weighted by atomic mass is 32.1. The van der Waals surface area contributed by atoms with E-state index in [4.69, 9.17) is 14.2 Å². The van der Waals surface area contributed by atoms with Gasteiger partial charge in [-0.1, -0.05) is 13.0 Å². The first-order chi connectivity index (χ1) is 14.0. The fourth-order valence-electron chi connectivity index (χ4n) is 3.73. The van der Waals surface area contributed by atoms with E-state index in [1.165, 1.54) is 21.8 Å². The summed E-state index contributed by atoms with van der Waals surface area (Å²) in [6, 6.07) is 7.57. The summed E-state index contributed by atoms with van der Waals surface area (Å²) in [5, 5.41) is 0. The summed E-state index contributed by atoms with van der Waals surface area (Å²) in [4.78, 5) is 28.5. The van der Waals surface area contributed by atoms with Crippen molar-refractivity contribution in [1.82, 2.24) is 4.90 Å². The standard InChI is InChI=1S/C22H25NO5S/c1-3-23(11-15-5-6-17-18(9-15)28-13-27-17)21(24)12-26-22(25)20-10-16-8-14(2)4-7-19(16)29-20/h5-6,9-10,14H,3-4,7-8,11-13H2,1-2H3/t14-/m1/s1. The number of nitrogens with zero attached hydrogens (tertiary/aromatic N) is 1. The molecule has 0 radical (unpaired) electrons. The fraction of sp³-hybridized carbons (Fsp3) is 0.455. The van der Waals surface area contributed by atoms with Gasteiger partial charge in [-0.15, -0.1) is 11.3 Å². The molecule has 2 aliphatic rings. The van der Waals surface area contributed by atoms with Crippen LogP contribution in [0.25, 0.3) is 0 Å². The van der Waals surface area contributed by atoms with E-state index < -0.39 is 5.97 Å². The Balaban J connectivity index is 1.33. The van der Waals surface area contributed by atoms with E-state index in [1.807, 2.05) is 31.2 Å². The first kappa shape index (κ1) is 19.8. The Morgan fingerprint density at radius 1 is 1.24 bits per heavy atom. The van der Waals surface area contributed by atoms with Gasteiger partial charge in [0.1, 0.15) is 4.88 Å². The zero-order valence-electron chi connectivity index (χ0n) is 16.7. The smallest absolute Gasteiger partial charge is 0.348 e. The number of fused-ring (bicyclic) bond motifs is 2. The van der Waals surface area contributed by atoms with Gasteiger partial charge in [0.25, 0.3) is 5.91 Å². The summed E-state index contributed by atoms with van der Waals surface area (Å²) in [5.41, 5.74) is 2.20. The number of amides is 1. The zero-order chi connectivity index (χ0) is 20.4. The van der Waals surface area contributed by atoms with Gasteiger partial charge in [0.15, 0.2) is 18.1 Å². The van der Waals surface area contributed by atoms with Gasteiger partial charge in [-0.2, -0.15) is 0 Å². The summed E-state index contributed by atoms with van der Waals surface area (Å²) < 4.78 is 16.0. The maximum absolute atomic E-state index is 12.6. The lowest BCUT2D eigenvalue weighted by Gasteiger charge is -2.21. The fourth-order valence-corrected chi connectivity index (χ4v) is 4.83. The van der Waals surface area contributed by atoms with Crippen LogP contribution < -0.4 is 9.47 Å². The Hall–Kier alpha value is -2.54. The molecule has 1 aromatic heterocycles. The van der Waals surface area contributed by atoms with Crippen LogP contribution in [0.4, 0.5) is 0 Å². The summed E-state index contributed by atoms with van der Waals surface area (Å²) in [7, 11) is 0. The third-order valence-corrected chi connectivity index (χ3v) is 6.62. The highest BCUT2D eigenvalue weighted by Crippen LogP contribution is 2.33. The third kappa shape index (κ3) is 4.40. The Morgan fingerprint density at radius 3 is 2.90 bits per heavy atom. The Kier molecular flexibility index (Phi) is 5.76. The molecule has 1 aliphatic heterocycles. The van der Waals surface area contributed by atoms with Crippen LogP contribution in [0.5, 0.6) is 11.5 Å². The average molecular weight is 416 g/mol. The molecular weight excluding hydrogens is 390 g/mol. The molecule has 7 heteroatoms. The molecule has 0 unspecified atom stereocenters. The van der Waals surface area contributed by atoms with Crippen LogP contribution in [0.2, 0.25) is 0 Å². The number of ether oxygens (including phenoxy) is 3. The van der Waals surface area contributed by atoms with E-state index in [1.54, 1.807) is 4.90 Å². The summed E-state index contributed by atoms with van der Waals surface area (Å²) >= 11 is 1.50. The van der Waals surface area contributed by atoms with Gasteiger partial charge < -0.3 is 19.1 Å². The Bertz CT molecular complexity index is 922. The van der Waals surface area contributed by atoms with Crippen LogP contribution in [0.15, 0.2) is 24.3 Å². The molecule has 0 saturated carbocycles. The van der Waals surface area contributed by atoms with Gasteiger partial charge in [0.05, 0.1) is 0 Å². The van der Waals surface area contributed by atoms with E-state index >= 15 is 0 Å². The first-order valence-electron chi connectivity index (χ1n) is 9.98. The van der Waals surface area contributed by atoms with E-state index in [-0.39, 0.29) is 19.3 Å². The van der Waals surface area contributed by atoms with Gasteiger partial charge >= 0.3 is 5.97 Å². The van der Waals surface area contributed by atoms with Gasteiger partial charge in [0.2, 0.25) is 6.79 Å². The summed E-state index contributed by atoms with van der Waals surface area (Å²) in [5.74, 6) is 1.42. The second kappa shape index (κ2) is 8.45. The average Bonchev–Trinajstić information content (AvgIpc) is 3.35. The number of esters is 1. The van der Waals surface area contributed by atoms with Gasteiger partial charge in [0, 0.05) is 18.0 Å². The van der Waals surface area contributed by atoms with Crippen molar-refractivity contribution >= 4 is 23.2 Å². The van der Waals surface area contributed by atoms with E-state index in [0.717, 1.165) is 24.8 Å². The lowest BCUT2D eigenvalue weighted by molar-refractivity contribution is -0.134. The zero-order valence-corrected chi connectivity index (χ0v) is 17.5. The monoisotopic (exact) mass is 415 g/mol. The highest BCUT2D eigenvalue weighted by molar-refractivity contribution is 7.14. The molecule has 0 spiro atoms. The van der Waals surface area contributed by atoms with Crippen molar-refractivity contribution in [3.8, 4) is 11.5 Å². The predicted molar refractivity (Wildman–Crippen MR) is 109 cm³/mol. The van der Waals surface area contributed by atoms with Crippen LogP contribution in [-0.4, -0.2) is 36.7 Å². The second-order valence-corrected chi connectivity index (χ2v) is 8.72. The molecule has 29 heavy (non-hydrogen) atoms. The molecule has 1 amide bonds. The molecule has 0 saturated heterocycles. The number of hydrogen-bond acceptors (Lipinski definition) is 6. The molecule has 1 aromatic carbocycles. The lowest BCUT2D eigenvalue weighted by atomic mass is 9.90. The third-order valence-electron chi connectivity index (χ3n) is 5.40. The number of carbonyl (C=O) groups is 2. The molecule has 0 N–H and O–H groups in total. The molecule has 2 aromatic rings. The number of rotatable bonds is 6. The number of aryl methyl sites for hydroxylation is 1. The molecule has 154 valence electrons. The van der Waals surface area contributed by atoms with Crippen molar-refractivity contribution in [1.29, 1.82) is 0 Å². The van der Waals surface area contributed by atoms with Crippen LogP contribution in [0.3, 0.4) is 0 Å². The number of thiophene rings is 1. The minimum absolute atomic E-state index is 0.214. The maximum Gasteiger partial charge on any atom is 0.348 e. The molecule has 0 fully saturated rings. The van der Waals surface area contributed by atoms with E-state index in [0.29, 0.717) is 35.4 Å². The number of hydrogen-bond donors (Lipinski definition) is 0. The number of benzene rings is 1. The van der Waals surface area contributed by atoms with Crippen molar-refractivity contribution < 1.29 is 23.8 Å². The highest BCUT2D eigenvalue weighted by Gasteiger charge is 2.23. The van der Waals surface area contributed by atoms with E-state index in [9.17, 15) is 9.59 Å². The molecule has 1 atom stereocenters. The SMILES string of the molecule is CCN(Cc1ccc2c(c1)OCO2)C(=O)COC(=O)c1cc2c(s1)CC[C@@H](C)C2. The minimum atomic E-state index is -0.412. The van der Waals surface area contributed by atoms with Crippen molar-refractivity contribution in [2.45, 2.75) is 39.7 Å². The van der Waals surface area contributed by atoms with Crippen LogP contribution in [0, 0.1) is 5.92 Å². The largest absolute Gasteiger partial charge is 0.454 e. The van der Waals surface area contributed by atoms with Crippen molar-refractivity contribution in [3.05, 3.63) is 45.1 Å². The normalized spacial score (nSPS) is 17.0. The first-order valence-corrected chi connectivity index (χ1v) is 10.8. The van der Waals surface area contributed by atoms with Crippen molar-refractivity contribution in [3.63, 3.8) is 0 Å². The maximum atomic E-state index is 12.6. The summed E-state index contributed by atoms with van der Waals surface area (Å²) in [6.45, 7) is 5.05. The quantitative estimate of drug-likeness (QED) is 0.672. The van der Waals surface area contributed by atoms with Gasteiger partial charge in [-0.3, -0.25) is 4.79 Å².